The Hall–Kier alpha value is -1.13. The molecule has 1 aromatic rings. The van der Waals surface area contributed by atoms with Crippen LogP contribution in [0.5, 0.6) is 0 Å². The van der Waals surface area contributed by atoms with E-state index >= 15 is 0 Å². The molecule has 0 aliphatic rings. The number of halogens is 2. The molecule has 1 aromatic heterocycles. The van der Waals surface area contributed by atoms with Gasteiger partial charge in [0.05, 0.1) is 0 Å². The Morgan fingerprint density at radius 1 is 1.33 bits per heavy atom. The molecule has 0 radical (unpaired) electrons. The summed E-state index contributed by atoms with van der Waals surface area (Å²) in [5.41, 5.74) is 3.43. The van der Waals surface area contributed by atoms with Gasteiger partial charge < -0.3 is 0 Å². The maximum absolute atomic E-state index is 11.5. The third-order valence-electron chi connectivity index (χ3n) is 1.41. The van der Waals surface area contributed by atoms with Crippen LogP contribution >= 0.6 is 23.2 Å². The predicted molar refractivity (Wildman–Crippen MR) is 60.5 cm³/mol. The second-order valence-corrected chi connectivity index (χ2v) is 3.78. The number of hydrazone groups is 1. The first-order valence-corrected chi connectivity index (χ1v) is 4.89. The van der Waals surface area contributed by atoms with Gasteiger partial charge in [0, 0.05) is 11.3 Å². The maximum atomic E-state index is 11.5. The number of amides is 1. The molecule has 0 aliphatic carbocycles. The van der Waals surface area contributed by atoms with Gasteiger partial charge >= 0.3 is 0 Å². The van der Waals surface area contributed by atoms with E-state index in [0.29, 0.717) is 5.56 Å². The third kappa shape index (κ3) is 3.85. The van der Waals surface area contributed by atoms with Crippen LogP contribution in [0.1, 0.15) is 24.2 Å². The first kappa shape index (κ1) is 11.9. The summed E-state index contributed by atoms with van der Waals surface area (Å²) in [6, 6.07) is 2.84. The van der Waals surface area contributed by atoms with E-state index in [2.05, 4.69) is 15.5 Å². The molecule has 0 aliphatic heterocycles. The lowest BCUT2D eigenvalue weighted by Gasteiger charge is -2.01. The quantitative estimate of drug-likeness (QED) is 0.495. The molecule has 80 valence electrons. The smallest absolute Gasteiger partial charge is 0.267 e. The number of aromatic nitrogens is 1. The molecular formula is C9H9Cl2N3O. The van der Waals surface area contributed by atoms with Gasteiger partial charge in [-0.25, -0.2) is 10.4 Å². The highest BCUT2D eigenvalue weighted by molar-refractivity contribution is 6.33. The standard InChI is InChI=1S/C9H9Cl2N3O/c1-5(2)13-14-9(15)6-3-7(10)12-8(11)4-6/h3-4H,1-2H3,(H,14,15). The Kier molecular flexibility index (Phi) is 4.05. The van der Waals surface area contributed by atoms with Crippen molar-refractivity contribution in [3.8, 4) is 0 Å². The zero-order valence-corrected chi connectivity index (χ0v) is 9.73. The van der Waals surface area contributed by atoms with Crippen molar-refractivity contribution in [3.05, 3.63) is 28.0 Å². The minimum absolute atomic E-state index is 0.171. The van der Waals surface area contributed by atoms with Crippen LogP contribution in [-0.4, -0.2) is 16.6 Å². The predicted octanol–water partition coefficient (Wildman–Crippen LogP) is 2.51. The second-order valence-electron chi connectivity index (χ2n) is 3.00. The third-order valence-corrected chi connectivity index (χ3v) is 1.79. The number of carbonyl (C=O) groups is 1. The molecule has 0 saturated heterocycles. The van der Waals surface area contributed by atoms with Crippen LogP contribution in [-0.2, 0) is 0 Å². The molecule has 0 saturated carbocycles. The molecule has 1 N–H and O–H groups in total. The Morgan fingerprint density at radius 3 is 2.33 bits per heavy atom. The highest BCUT2D eigenvalue weighted by Crippen LogP contribution is 2.14. The van der Waals surface area contributed by atoms with Crippen molar-refractivity contribution >= 4 is 34.8 Å². The summed E-state index contributed by atoms with van der Waals surface area (Å²) in [6.45, 7) is 3.54. The Labute approximate surface area is 97.3 Å². The molecule has 0 unspecified atom stereocenters. The van der Waals surface area contributed by atoms with Crippen molar-refractivity contribution in [2.75, 3.05) is 0 Å². The molecular weight excluding hydrogens is 237 g/mol. The van der Waals surface area contributed by atoms with Gasteiger partial charge in [0.2, 0.25) is 0 Å². The Bertz CT molecular complexity index is 394. The molecule has 15 heavy (non-hydrogen) atoms. The fourth-order valence-corrected chi connectivity index (χ4v) is 1.28. The number of carbonyl (C=O) groups excluding carboxylic acids is 1. The van der Waals surface area contributed by atoms with Crippen molar-refractivity contribution in [3.63, 3.8) is 0 Å². The average Bonchev–Trinajstić information content (AvgIpc) is 2.12. The summed E-state index contributed by atoms with van der Waals surface area (Å²) in [5, 5.41) is 4.11. The molecule has 0 fully saturated rings. The number of nitrogens with one attached hydrogen (secondary N) is 1. The van der Waals surface area contributed by atoms with Crippen molar-refractivity contribution < 1.29 is 4.79 Å². The highest BCUT2D eigenvalue weighted by atomic mass is 35.5. The number of hydrogen-bond donors (Lipinski definition) is 1. The lowest BCUT2D eigenvalue weighted by molar-refractivity contribution is 0.0954. The monoisotopic (exact) mass is 245 g/mol. The lowest BCUT2D eigenvalue weighted by Crippen LogP contribution is -2.18. The van der Waals surface area contributed by atoms with E-state index in [0.717, 1.165) is 5.71 Å². The Balaban J connectivity index is 2.87. The largest absolute Gasteiger partial charge is 0.271 e. The Morgan fingerprint density at radius 2 is 1.87 bits per heavy atom. The molecule has 0 spiro atoms. The fourth-order valence-electron chi connectivity index (χ4n) is 0.823. The summed E-state index contributed by atoms with van der Waals surface area (Å²) in [6.07, 6.45) is 0. The first-order valence-electron chi connectivity index (χ1n) is 4.13. The first-order chi connectivity index (χ1) is 6.99. The van der Waals surface area contributed by atoms with Gasteiger partial charge in [-0.2, -0.15) is 5.10 Å². The van der Waals surface area contributed by atoms with Crippen LogP contribution in [0.4, 0.5) is 0 Å². The summed E-state index contributed by atoms with van der Waals surface area (Å²) in [4.78, 5) is 15.2. The molecule has 1 heterocycles. The van der Waals surface area contributed by atoms with Crippen LogP contribution in [0, 0.1) is 0 Å². The number of rotatable bonds is 2. The van der Waals surface area contributed by atoms with Gasteiger partial charge in [-0.05, 0) is 26.0 Å². The SMILES string of the molecule is CC(C)=NNC(=O)c1cc(Cl)nc(Cl)c1. The fraction of sp³-hybridized carbons (Fsp3) is 0.222. The van der Waals surface area contributed by atoms with Crippen LogP contribution < -0.4 is 5.43 Å². The van der Waals surface area contributed by atoms with Gasteiger partial charge in [-0.1, -0.05) is 23.2 Å². The van der Waals surface area contributed by atoms with E-state index in [1.165, 1.54) is 12.1 Å². The topological polar surface area (TPSA) is 54.4 Å². The number of pyridine rings is 1. The van der Waals surface area contributed by atoms with Crippen molar-refractivity contribution in [2.45, 2.75) is 13.8 Å². The van der Waals surface area contributed by atoms with Gasteiger partial charge in [0.25, 0.3) is 5.91 Å². The zero-order chi connectivity index (χ0) is 11.4. The molecule has 1 amide bonds. The summed E-state index contributed by atoms with van der Waals surface area (Å²) >= 11 is 11.3. The van der Waals surface area contributed by atoms with Gasteiger partial charge in [0.1, 0.15) is 10.3 Å². The van der Waals surface area contributed by atoms with Crippen molar-refractivity contribution in [2.24, 2.45) is 5.10 Å². The van der Waals surface area contributed by atoms with Gasteiger partial charge in [-0.3, -0.25) is 4.79 Å². The second kappa shape index (κ2) is 5.09. The minimum Gasteiger partial charge on any atom is -0.267 e. The molecule has 0 atom stereocenters. The molecule has 0 bridgehead atoms. The van der Waals surface area contributed by atoms with E-state index in [4.69, 9.17) is 23.2 Å². The van der Waals surface area contributed by atoms with Crippen molar-refractivity contribution in [1.29, 1.82) is 0 Å². The average molecular weight is 246 g/mol. The molecule has 1 rings (SSSR count). The molecule has 6 heteroatoms. The van der Waals surface area contributed by atoms with Crippen LogP contribution in [0.2, 0.25) is 10.3 Å². The number of nitrogens with zero attached hydrogens (tertiary/aromatic N) is 2. The van der Waals surface area contributed by atoms with Gasteiger partial charge in [-0.15, -0.1) is 0 Å². The van der Waals surface area contributed by atoms with E-state index in [1.807, 2.05) is 0 Å². The molecule has 0 aromatic carbocycles. The van der Waals surface area contributed by atoms with E-state index in [9.17, 15) is 4.79 Å². The van der Waals surface area contributed by atoms with Crippen LogP contribution in [0.3, 0.4) is 0 Å². The summed E-state index contributed by atoms with van der Waals surface area (Å²) in [7, 11) is 0. The minimum atomic E-state index is -0.373. The summed E-state index contributed by atoms with van der Waals surface area (Å²) in [5.74, 6) is -0.373. The van der Waals surface area contributed by atoms with E-state index in [-0.39, 0.29) is 16.2 Å². The van der Waals surface area contributed by atoms with E-state index < -0.39 is 0 Å². The summed E-state index contributed by atoms with van der Waals surface area (Å²) < 4.78 is 0. The zero-order valence-electron chi connectivity index (χ0n) is 8.21. The number of hydrogen-bond acceptors (Lipinski definition) is 3. The van der Waals surface area contributed by atoms with Gasteiger partial charge in [0.15, 0.2) is 0 Å². The van der Waals surface area contributed by atoms with Crippen LogP contribution in [0.25, 0.3) is 0 Å². The van der Waals surface area contributed by atoms with Crippen LogP contribution in [0.15, 0.2) is 17.2 Å². The molecule has 4 nitrogen and oxygen atoms in total. The highest BCUT2D eigenvalue weighted by Gasteiger charge is 2.07. The van der Waals surface area contributed by atoms with Crippen molar-refractivity contribution in [1.82, 2.24) is 10.4 Å². The maximum Gasteiger partial charge on any atom is 0.271 e. The van der Waals surface area contributed by atoms with E-state index in [1.54, 1.807) is 13.8 Å². The lowest BCUT2D eigenvalue weighted by atomic mass is 10.2. The normalized spacial score (nSPS) is 9.60.